The van der Waals surface area contributed by atoms with Gasteiger partial charge in [-0.1, -0.05) is 25.4 Å². The first-order valence-electron chi connectivity index (χ1n) is 7.36. The number of ether oxygens (including phenoxy) is 1. The van der Waals surface area contributed by atoms with Crippen LogP contribution in [0.1, 0.15) is 19.5 Å². The number of benzene rings is 1. The topological polar surface area (TPSA) is 80.3 Å². The number of anilines is 2. The molecule has 0 bridgehead atoms. The molecule has 1 heterocycles. The zero-order valence-electron chi connectivity index (χ0n) is 13.3. The summed E-state index contributed by atoms with van der Waals surface area (Å²) in [5, 5.41) is 8.03. The lowest BCUT2D eigenvalue weighted by Gasteiger charge is -2.06. The van der Waals surface area contributed by atoms with Gasteiger partial charge in [0.15, 0.2) is 5.13 Å². The molecule has 6 nitrogen and oxygen atoms in total. The number of hydrogen-bond acceptors (Lipinski definition) is 5. The number of thiazole rings is 1. The van der Waals surface area contributed by atoms with Gasteiger partial charge in [0.05, 0.1) is 18.7 Å². The van der Waals surface area contributed by atoms with Crippen molar-refractivity contribution in [3.8, 4) is 0 Å². The molecule has 0 aliphatic heterocycles. The molecule has 0 saturated heterocycles. The van der Waals surface area contributed by atoms with Crippen LogP contribution in [0, 0.1) is 5.92 Å². The molecule has 0 radical (unpaired) electrons. The Bertz CT molecular complexity index is 701. The van der Waals surface area contributed by atoms with Gasteiger partial charge in [0, 0.05) is 16.1 Å². The van der Waals surface area contributed by atoms with Crippen molar-refractivity contribution in [3.63, 3.8) is 0 Å². The van der Waals surface area contributed by atoms with Crippen molar-refractivity contribution in [3.05, 3.63) is 40.4 Å². The fraction of sp³-hybridized carbons (Fsp3) is 0.312. The number of hydrogen-bond donors (Lipinski definition) is 2. The van der Waals surface area contributed by atoms with Gasteiger partial charge in [0.25, 0.3) is 0 Å². The molecule has 2 aromatic rings. The number of carbonyl (C=O) groups is 2. The summed E-state index contributed by atoms with van der Waals surface area (Å²) in [4.78, 5) is 27.7. The summed E-state index contributed by atoms with van der Waals surface area (Å²) in [5.41, 5.74) is 1.24. The summed E-state index contributed by atoms with van der Waals surface area (Å²) in [6, 6.07) is 6.84. The Hall–Kier alpha value is -2.12. The summed E-state index contributed by atoms with van der Waals surface area (Å²) in [5.74, 6) is 0.0655. The summed E-state index contributed by atoms with van der Waals surface area (Å²) < 4.78 is 5.01. The number of nitrogens with one attached hydrogen (secondary N) is 2. The van der Waals surface area contributed by atoms with E-state index in [1.807, 2.05) is 13.8 Å². The van der Waals surface area contributed by atoms with Crippen LogP contribution in [0.4, 0.5) is 15.6 Å². The summed E-state index contributed by atoms with van der Waals surface area (Å²) in [6.45, 7) is 4.25. The van der Waals surface area contributed by atoms with Gasteiger partial charge >= 0.3 is 6.09 Å². The highest BCUT2D eigenvalue weighted by Crippen LogP contribution is 2.17. The van der Waals surface area contributed by atoms with E-state index in [2.05, 4.69) is 15.6 Å². The summed E-state index contributed by atoms with van der Waals surface area (Å²) >= 11 is 7.04. The Morgan fingerprint density at radius 1 is 1.25 bits per heavy atom. The maximum atomic E-state index is 12.0. The highest BCUT2D eigenvalue weighted by atomic mass is 35.5. The third-order valence-corrected chi connectivity index (χ3v) is 3.84. The van der Waals surface area contributed by atoms with E-state index in [9.17, 15) is 9.59 Å². The summed E-state index contributed by atoms with van der Waals surface area (Å²) in [7, 11) is 0. The molecule has 0 fully saturated rings. The number of rotatable bonds is 6. The minimum Gasteiger partial charge on any atom is -0.449 e. The number of carbonyl (C=O) groups excluding carboxylic acids is 2. The van der Waals surface area contributed by atoms with Crippen LogP contribution in [-0.4, -0.2) is 23.6 Å². The largest absolute Gasteiger partial charge is 0.449 e. The quantitative estimate of drug-likeness (QED) is 0.802. The fourth-order valence-corrected chi connectivity index (χ4v) is 2.54. The van der Waals surface area contributed by atoms with Crippen molar-refractivity contribution < 1.29 is 14.3 Å². The second-order valence-electron chi connectivity index (χ2n) is 5.49. The minimum absolute atomic E-state index is 0.113. The molecule has 0 atom stereocenters. The van der Waals surface area contributed by atoms with E-state index in [0.29, 0.717) is 28.1 Å². The maximum Gasteiger partial charge on any atom is 0.413 e. The van der Waals surface area contributed by atoms with E-state index >= 15 is 0 Å². The van der Waals surface area contributed by atoms with E-state index in [1.54, 1.807) is 29.6 Å². The van der Waals surface area contributed by atoms with Gasteiger partial charge in [-0.3, -0.25) is 10.1 Å². The number of halogens is 1. The fourth-order valence-electron chi connectivity index (χ4n) is 1.71. The predicted octanol–water partition coefficient (Wildman–Crippen LogP) is 4.18. The third-order valence-electron chi connectivity index (χ3n) is 2.78. The van der Waals surface area contributed by atoms with Crippen molar-refractivity contribution in [2.75, 3.05) is 17.2 Å². The molecule has 1 aromatic carbocycles. The highest BCUT2D eigenvalue weighted by molar-refractivity contribution is 7.13. The van der Waals surface area contributed by atoms with Gasteiger partial charge in [-0.05, 0) is 30.2 Å². The molecule has 2 amide bonds. The molecule has 128 valence electrons. The number of aromatic nitrogens is 1. The van der Waals surface area contributed by atoms with E-state index in [4.69, 9.17) is 16.3 Å². The SMILES string of the molecule is CC(C)COC(=O)Nc1nc(CC(=O)Nc2ccc(Cl)cc2)cs1. The molecule has 24 heavy (non-hydrogen) atoms. The van der Waals surface area contributed by atoms with Crippen LogP contribution >= 0.6 is 22.9 Å². The average Bonchev–Trinajstić information content (AvgIpc) is 2.94. The number of amides is 2. The average molecular weight is 368 g/mol. The van der Waals surface area contributed by atoms with Crippen LogP contribution in [0.15, 0.2) is 29.6 Å². The van der Waals surface area contributed by atoms with Crippen LogP contribution < -0.4 is 10.6 Å². The van der Waals surface area contributed by atoms with Crippen molar-refractivity contribution >= 4 is 45.8 Å². The van der Waals surface area contributed by atoms with Gasteiger partial charge < -0.3 is 10.1 Å². The van der Waals surface area contributed by atoms with Gasteiger partial charge in [-0.2, -0.15) is 0 Å². The second-order valence-corrected chi connectivity index (χ2v) is 6.79. The molecule has 2 rings (SSSR count). The minimum atomic E-state index is -0.546. The molecular weight excluding hydrogens is 350 g/mol. The van der Waals surface area contributed by atoms with Crippen LogP contribution in [0.3, 0.4) is 0 Å². The first-order valence-corrected chi connectivity index (χ1v) is 8.61. The van der Waals surface area contributed by atoms with E-state index in [-0.39, 0.29) is 18.2 Å². The van der Waals surface area contributed by atoms with Crippen LogP contribution in [-0.2, 0) is 16.0 Å². The van der Waals surface area contributed by atoms with Gasteiger partial charge in [0.1, 0.15) is 0 Å². The normalized spacial score (nSPS) is 10.5. The lowest BCUT2D eigenvalue weighted by Crippen LogP contribution is -2.17. The van der Waals surface area contributed by atoms with Crippen molar-refractivity contribution in [1.82, 2.24) is 4.98 Å². The smallest absolute Gasteiger partial charge is 0.413 e. The van der Waals surface area contributed by atoms with E-state index in [0.717, 1.165) is 0 Å². The maximum absolute atomic E-state index is 12.0. The molecular formula is C16H18ClN3O3S. The monoisotopic (exact) mass is 367 g/mol. The van der Waals surface area contributed by atoms with Gasteiger partial charge in [-0.25, -0.2) is 9.78 Å². The zero-order chi connectivity index (χ0) is 17.5. The standard InChI is InChI=1S/C16H18ClN3O3S/c1-10(2)8-23-16(22)20-15-19-13(9-24-15)7-14(21)18-12-5-3-11(17)4-6-12/h3-6,9-10H,7-8H2,1-2H3,(H,18,21)(H,19,20,22). The molecule has 0 unspecified atom stereocenters. The highest BCUT2D eigenvalue weighted by Gasteiger charge is 2.11. The van der Waals surface area contributed by atoms with Crippen LogP contribution in [0.2, 0.25) is 5.02 Å². The summed E-state index contributed by atoms with van der Waals surface area (Å²) in [6.07, 6.45) is -0.433. The Labute approximate surface area is 149 Å². The molecule has 8 heteroatoms. The number of nitrogens with zero attached hydrogens (tertiary/aromatic N) is 1. The van der Waals surface area contributed by atoms with Gasteiger partial charge in [-0.15, -0.1) is 11.3 Å². The van der Waals surface area contributed by atoms with Crippen molar-refractivity contribution in [2.45, 2.75) is 20.3 Å². The van der Waals surface area contributed by atoms with Gasteiger partial charge in [0.2, 0.25) is 5.91 Å². The molecule has 0 aliphatic rings. The van der Waals surface area contributed by atoms with Crippen LogP contribution in [0.5, 0.6) is 0 Å². The van der Waals surface area contributed by atoms with E-state index < -0.39 is 6.09 Å². The Morgan fingerprint density at radius 3 is 2.62 bits per heavy atom. The Morgan fingerprint density at radius 2 is 1.96 bits per heavy atom. The Balaban J connectivity index is 1.83. The lowest BCUT2D eigenvalue weighted by molar-refractivity contribution is -0.115. The van der Waals surface area contributed by atoms with Crippen molar-refractivity contribution in [1.29, 1.82) is 0 Å². The predicted molar refractivity (Wildman–Crippen MR) is 95.7 cm³/mol. The lowest BCUT2D eigenvalue weighted by atomic mass is 10.2. The Kier molecular flexibility index (Phi) is 6.57. The van der Waals surface area contributed by atoms with Crippen molar-refractivity contribution in [2.24, 2.45) is 5.92 Å². The third kappa shape index (κ3) is 6.17. The molecule has 1 aromatic heterocycles. The van der Waals surface area contributed by atoms with Crippen LogP contribution in [0.25, 0.3) is 0 Å². The first kappa shape index (κ1) is 18.2. The molecule has 0 aliphatic carbocycles. The molecule has 2 N–H and O–H groups in total. The first-order chi connectivity index (χ1) is 11.4. The molecule has 0 spiro atoms. The van der Waals surface area contributed by atoms with E-state index in [1.165, 1.54) is 11.3 Å². The second kappa shape index (κ2) is 8.65. The zero-order valence-corrected chi connectivity index (χ0v) is 14.9. The molecule has 0 saturated carbocycles.